The first-order chi connectivity index (χ1) is 17.2. The minimum atomic E-state index is -0.879. The summed E-state index contributed by atoms with van der Waals surface area (Å²) in [5, 5.41) is 35.5. The van der Waals surface area contributed by atoms with Gasteiger partial charge in [0.25, 0.3) is 0 Å². The molecule has 0 saturated heterocycles. The molecule has 0 aliphatic heterocycles. The van der Waals surface area contributed by atoms with E-state index in [2.05, 4.69) is 13.8 Å². The van der Waals surface area contributed by atoms with Gasteiger partial charge in [0.2, 0.25) is 0 Å². The quantitative estimate of drug-likeness (QED) is 0.251. The first kappa shape index (κ1) is 27.7. The lowest BCUT2D eigenvalue weighted by Crippen LogP contribution is -2.08. The van der Waals surface area contributed by atoms with Crippen molar-refractivity contribution in [2.45, 2.75) is 19.8 Å². The van der Waals surface area contributed by atoms with E-state index in [0.717, 1.165) is 0 Å². The molecule has 0 fully saturated rings. The highest BCUT2D eigenvalue weighted by atomic mass is 16.4. The van der Waals surface area contributed by atoms with Gasteiger partial charge in [-0.05, 0) is 65.6 Å². The second kappa shape index (κ2) is 14.0. The number of aromatic carboxylic acids is 2. The third-order valence-corrected chi connectivity index (χ3v) is 5.21. The Labute approximate surface area is 210 Å². The molecule has 0 aliphatic carbocycles. The van der Waals surface area contributed by atoms with Crippen LogP contribution in [0.4, 0.5) is 0 Å². The standard InChI is InChI=1S/C16H18O2.2C7H6O2/c1-11(2)16(12-3-7-14(17)8-4-12)13-5-9-15(18)10-6-13;2*8-7(9)6-4-2-1-3-5-6/h3-11,16-18H,1-2H3;2*1-5H,(H,8,9). The summed E-state index contributed by atoms with van der Waals surface area (Å²) in [5.74, 6) is -0.476. The molecular weight excluding hydrogens is 456 g/mol. The van der Waals surface area contributed by atoms with Gasteiger partial charge in [-0.2, -0.15) is 0 Å². The molecule has 0 atom stereocenters. The van der Waals surface area contributed by atoms with Crippen molar-refractivity contribution >= 4 is 11.9 Å². The van der Waals surface area contributed by atoms with Crippen LogP contribution in [0.2, 0.25) is 0 Å². The van der Waals surface area contributed by atoms with Crippen molar-refractivity contribution in [1.82, 2.24) is 0 Å². The largest absolute Gasteiger partial charge is 0.508 e. The molecule has 0 aromatic heterocycles. The monoisotopic (exact) mass is 486 g/mol. The van der Waals surface area contributed by atoms with E-state index in [4.69, 9.17) is 10.2 Å². The van der Waals surface area contributed by atoms with E-state index in [-0.39, 0.29) is 17.4 Å². The minimum absolute atomic E-state index is 0.270. The number of benzene rings is 4. The minimum Gasteiger partial charge on any atom is -0.508 e. The normalized spacial score (nSPS) is 10.0. The molecule has 36 heavy (non-hydrogen) atoms. The number of aromatic hydroxyl groups is 2. The second-order valence-electron chi connectivity index (χ2n) is 8.25. The Bertz CT molecular complexity index is 1110. The zero-order chi connectivity index (χ0) is 26.5. The maximum Gasteiger partial charge on any atom is 0.335 e. The molecule has 0 saturated carbocycles. The van der Waals surface area contributed by atoms with Crippen LogP contribution in [-0.4, -0.2) is 32.4 Å². The van der Waals surface area contributed by atoms with Crippen molar-refractivity contribution in [2.24, 2.45) is 5.92 Å². The Morgan fingerprint density at radius 2 is 0.833 bits per heavy atom. The van der Waals surface area contributed by atoms with Crippen LogP contribution < -0.4 is 0 Å². The lowest BCUT2D eigenvalue weighted by molar-refractivity contribution is 0.0686. The number of carboxylic acids is 2. The van der Waals surface area contributed by atoms with Crippen molar-refractivity contribution in [3.05, 3.63) is 131 Å². The van der Waals surface area contributed by atoms with E-state index in [9.17, 15) is 19.8 Å². The van der Waals surface area contributed by atoms with Crippen LogP contribution in [-0.2, 0) is 0 Å². The Morgan fingerprint density at radius 3 is 1.06 bits per heavy atom. The molecular formula is C30H30O6. The summed E-state index contributed by atoms with van der Waals surface area (Å²) in [5.41, 5.74) is 3.01. The van der Waals surface area contributed by atoms with E-state index in [1.54, 1.807) is 84.9 Å². The Kier molecular flexibility index (Phi) is 10.7. The van der Waals surface area contributed by atoms with Crippen LogP contribution in [0, 0.1) is 5.92 Å². The smallest absolute Gasteiger partial charge is 0.335 e. The summed E-state index contributed by atoms with van der Waals surface area (Å²) in [7, 11) is 0. The topological polar surface area (TPSA) is 115 Å². The van der Waals surface area contributed by atoms with Crippen LogP contribution in [0.25, 0.3) is 0 Å². The van der Waals surface area contributed by atoms with Gasteiger partial charge >= 0.3 is 11.9 Å². The number of carboxylic acid groups (broad SMARTS) is 2. The number of carbonyl (C=O) groups is 2. The van der Waals surface area contributed by atoms with Gasteiger partial charge in [-0.3, -0.25) is 0 Å². The molecule has 6 nitrogen and oxygen atoms in total. The molecule has 4 N–H and O–H groups in total. The number of hydrogen-bond acceptors (Lipinski definition) is 4. The van der Waals surface area contributed by atoms with Crippen LogP contribution in [0.3, 0.4) is 0 Å². The Morgan fingerprint density at radius 1 is 0.528 bits per heavy atom. The van der Waals surface area contributed by atoms with Crippen LogP contribution in [0.15, 0.2) is 109 Å². The highest BCUT2D eigenvalue weighted by Gasteiger charge is 2.18. The zero-order valence-corrected chi connectivity index (χ0v) is 20.2. The average Bonchev–Trinajstić information content (AvgIpc) is 2.88. The number of rotatable bonds is 5. The number of phenols is 2. The average molecular weight is 487 g/mol. The van der Waals surface area contributed by atoms with Crippen LogP contribution in [0.1, 0.15) is 51.6 Å². The molecule has 6 heteroatoms. The molecule has 0 bridgehead atoms. The lowest BCUT2D eigenvalue weighted by Gasteiger charge is -2.22. The molecule has 186 valence electrons. The Hall–Kier alpha value is -4.58. The summed E-state index contributed by atoms with van der Waals surface area (Å²) in [6.45, 7) is 4.34. The molecule has 0 aliphatic rings. The molecule has 0 spiro atoms. The van der Waals surface area contributed by atoms with Gasteiger partial charge in [0.05, 0.1) is 11.1 Å². The van der Waals surface area contributed by atoms with Gasteiger partial charge in [-0.15, -0.1) is 0 Å². The number of phenolic OH excluding ortho intramolecular Hbond substituents is 2. The number of hydrogen-bond donors (Lipinski definition) is 4. The Balaban J connectivity index is 0.000000212. The predicted octanol–water partition coefficient (Wildman–Crippen LogP) is 6.66. The summed E-state index contributed by atoms with van der Waals surface area (Å²) < 4.78 is 0. The van der Waals surface area contributed by atoms with E-state index < -0.39 is 11.9 Å². The van der Waals surface area contributed by atoms with E-state index >= 15 is 0 Å². The van der Waals surface area contributed by atoms with Crippen molar-refractivity contribution < 1.29 is 30.0 Å². The summed E-state index contributed by atoms with van der Waals surface area (Å²) in [4.78, 5) is 20.4. The lowest BCUT2D eigenvalue weighted by atomic mass is 9.82. The zero-order valence-electron chi connectivity index (χ0n) is 20.2. The molecule has 0 radical (unpaired) electrons. The summed E-state index contributed by atoms with van der Waals surface area (Å²) in [6.07, 6.45) is 0. The van der Waals surface area contributed by atoms with Crippen molar-refractivity contribution in [3.63, 3.8) is 0 Å². The first-order valence-corrected chi connectivity index (χ1v) is 11.3. The molecule has 0 amide bonds. The van der Waals surface area contributed by atoms with Crippen molar-refractivity contribution in [3.8, 4) is 11.5 Å². The fraction of sp³-hybridized carbons (Fsp3) is 0.133. The van der Waals surface area contributed by atoms with Gasteiger partial charge in [-0.25, -0.2) is 9.59 Å². The van der Waals surface area contributed by atoms with Gasteiger partial charge in [0.1, 0.15) is 11.5 Å². The predicted molar refractivity (Wildman–Crippen MR) is 140 cm³/mol. The molecule has 0 heterocycles. The maximum absolute atomic E-state index is 10.2. The van der Waals surface area contributed by atoms with E-state index in [1.807, 2.05) is 24.3 Å². The van der Waals surface area contributed by atoms with Crippen molar-refractivity contribution in [2.75, 3.05) is 0 Å². The highest BCUT2D eigenvalue weighted by molar-refractivity contribution is 5.87. The molecule has 4 rings (SSSR count). The van der Waals surface area contributed by atoms with E-state index in [1.165, 1.54) is 11.1 Å². The molecule has 4 aromatic rings. The highest BCUT2D eigenvalue weighted by Crippen LogP contribution is 2.33. The first-order valence-electron chi connectivity index (χ1n) is 11.3. The second-order valence-corrected chi connectivity index (χ2v) is 8.25. The SMILES string of the molecule is CC(C)C(c1ccc(O)cc1)c1ccc(O)cc1.O=C(O)c1ccccc1.O=C(O)c1ccccc1. The van der Waals surface area contributed by atoms with Crippen LogP contribution in [0.5, 0.6) is 11.5 Å². The maximum atomic E-state index is 10.2. The van der Waals surface area contributed by atoms with Crippen LogP contribution >= 0.6 is 0 Å². The molecule has 0 unspecified atom stereocenters. The fourth-order valence-electron chi connectivity index (χ4n) is 3.49. The van der Waals surface area contributed by atoms with Gasteiger partial charge in [-0.1, -0.05) is 74.5 Å². The summed E-state index contributed by atoms with van der Waals surface area (Å²) in [6, 6.07) is 31.2. The van der Waals surface area contributed by atoms with Gasteiger partial charge in [0.15, 0.2) is 0 Å². The summed E-state index contributed by atoms with van der Waals surface area (Å²) >= 11 is 0. The molecule has 4 aromatic carbocycles. The third kappa shape index (κ3) is 8.99. The third-order valence-electron chi connectivity index (χ3n) is 5.21. The van der Waals surface area contributed by atoms with Gasteiger partial charge in [0, 0.05) is 5.92 Å². The van der Waals surface area contributed by atoms with E-state index in [0.29, 0.717) is 17.0 Å². The van der Waals surface area contributed by atoms with Gasteiger partial charge < -0.3 is 20.4 Å². The fourth-order valence-corrected chi connectivity index (χ4v) is 3.49. The van der Waals surface area contributed by atoms with Crippen molar-refractivity contribution in [1.29, 1.82) is 0 Å².